The molecule has 27 heavy (non-hydrogen) atoms. The molecule has 0 radical (unpaired) electrons. The van der Waals surface area contributed by atoms with Gasteiger partial charge in [0.15, 0.2) is 5.76 Å². The molecule has 1 saturated heterocycles. The minimum absolute atomic E-state index is 0.0261. The maximum atomic E-state index is 12.8. The summed E-state index contributed by atoms with van der Waals surface area (Å²) < 4.78 is 7.20. The highest BCUT2D eigenvalue weighted by Crippen LogP contribution is 2.40. The van der Waals surface area contributed by atoms with Crippen LogP contribution in [0.3, 0.4) is 0 Å². The smallest absolute Gasteiger partial charge is 0.289 e. The van der Waals surface area contributed by atoms with Gasteiger partial charge in [-0.25, -0.2) is 0 Å². The highest BCUT2D eigenvalue weighted by atomic mass is 16.3. The topological polar surface area (TPSA) is 68.3 Å². The molecule has 2 atom stereocenters. The molecule has 0 spiro atoms. The van der Waals surface area contributed by atoms with Crippen LogP contribution >= 0.6 is 0 Å². The van der Waals surface area contributed by atoms with E-state index in [1.807, 2.05) is 33.9 Å². The molecule has 0 saturated carbocycles. The molecule has 5 heterocycles. The molecule has 2 aliphatic rings. The lowest BCUT2D eigenvalue weighted by atomic mass is 9.80. The summed E-state index contributed by atoms with van der Waals surface area (Å²) in [6, 6.07) is 10.9. The van der Waals surface area contributed by atoms with Crippen LogP contribution in [0.25, 0.3) is 11.1 Å². The van der Waals surface area contributed by atoms with Crippen molar-refractivity contribution in [2.24, 2.45) is 5.92 Å². The Bertz CT molecular complexity index is 1040. The summed E-state index contributed by atoms with van der Waals surface area (Å²) in [5.74, 6) is 0.690. The highest BCUT2D eigenvalue weighted by Gasteiger charge is 2.38. The number of furan rings is 1. The van der Waals surface area contributed by atoms with E-state index in [4.69, 9.17) is 4.42 Å². The van der Waals surface area contributed by atoms with Crippen LogP contribution in [0.15, 0.2) is 64.3 Å². The van der Waals surface area contributed by atoms with E-state index in [0.29, 0.717) is 25.4 Å². The van der Waals surface area contributed by atoms with Gasteiger partial charge in [0.05, 0.1) is 6.26 Å². The van der Waals surface area contributed by atoms with Gasteiger partial charge in [0.25, 0.3) is 11.5 Å². The molecule has 3 aromatic heterocycles. The van der Waals surface area contributed by atoms with Gasteiger partial charge < -0.3 is 13.9 Å². The maximum absolute atomic E-state index is 12.8. The molecule has 1 fully saturated rings. The van der Waals surface area contributed by atoms with Gasteiger partial charge in [-0.2, -0.15) is 0 Å². The minimum atomic E-state index is -0.0793. The molecule has 0 unspecified atom stereocenters. The number of pyridine rings is 2. The number of nitrogens with zero attached hydrogens (tertiary/aromatic N) is 3. The van der Waals surface area contributed by atoms with E-state index < -0.39 is 0 Å². The van der Waals surface area contributed by atoms with Gasteiger partial charge in [0, 0.05) is 60.8 Å². The van der Waals surface area contributed by atoms with Crippen LogP contribution in [0.1, 0.15) is 28.6 Å². The van der Waals surface area contributed by atoms with Gasteiger partial charge in [-0.05, 0) is 36.6 Å². The van der Waals surface area contributed by atoms with Crippen LogP contribution in [0, 0.1) is 5.92 Å². The Morgan fingerprint density at radius 3 is 2.81 bits per heavy atom. The van der Waals surface area contributed by atoms with Gasteiger partial charge in [0.2, 0.25) is 0 Å². The number of hydrogen-bond donors (Lipinski definition) is 0. The highest BCUT2D eigenvalue weighted by molar-refractivity contribution is 5.91. The fraction of sp³-hybridized carbons (Fsp3) is 0.286. The summed E-state index contributed by atoms with van der Waals surface area (Å²) >= 11 is 0. The molecule has 6 heteroatoms. The Morgan fingerprint density at radius 2 is 2.04 bits per heavy atom. The van der Waals surface area contributed by atoms with Crippen molar-refractivity contribution in [3.05, 3.63) is 76.9 Å². The van der Waals surface area contributed by atoms with Crippen LogP contribution < -0.4 is 5.56 Å². The number of aromatic nitrogens is 2. The summed E-state index contributed by atoms with van der Waals surface area (Å²) in [5, 5.41) is 0. The van der Waals surface area contributed by atoms with Crippen LogP contribution in [0.2, 0.25) is 0 Å². The lowest BCUT2D eigenvalue weighted by Crippen LogP contribution is -2.49. The Balaban J connectivity index is 1.57. The monoisotopic (exact) mass is 361 g/mol. The number of carbonyl (C=O) groups excluding carboxylic acids is 1. The average Bonchev–Trinajstić information content (AvgIpc) is 3.23. The first-order chi connectivity index (χ1) is 13.2. The van der Waals surface area contributed by atoms with E-state index in [0.717, 1.165) is 23.2 Å². The molecule has 0 N–H and O–H groups in total. The predicted octanol–water partition coefficient (Wildman–Crippen LogP) is 2.76. The first kappa shape index (κ1) is 16.1. The van der Waals surface area contributed by atoms with Gasteiger partial charge in [-0.15, -0.1) is 0 Å². The Morgan fingerprint density at radius 1 is 1.11 bits per heavy atom. The third-order valence-electron chi connectivity index (χ3n) is 5.58. The van der Waals surface area contributed by atoms with E-state index >= 15 is 0 Å². The Hall–Kier alpha value is -3.15. The fourth-order valence-corrected chi connectivity index (χ4v) is 4.50. The van der Waals surface area contributed by atoms with E-state index in [1.165, 1.54) is 6.26 Å². The van der Waals surface area contributed by atoms with E-state index in [1.54, 1.807) is 24.4 Å². The molecular formula is C21H19N3O3. The lowest BCUT2D eigenvalue weighted by molar-refractivity contribution is 0.0564. The zero-order valence-corrected chi connectivity index (χ0v) is 14.7. The second-order valence-corrected chi connectivity index (χ2v) is 7.31. The van der Waals surface area contributed by atoms with Crippen LogP contribution in [0.4, 0.5) is 0 Å². The number of fused-ring (bicyclic) bond motifs is 4. The molecule has 2 aliphatic heterocycles. The lowest BCUT2D eigenvalue weighted by Gasteiger charge is -2.43. The fourth-order valence-electron chi connectivity index (χ4n) is 4.50. The average molecular weight is 361 g/mol. The zero-order chi connectivity index (χ0) is 18.4. The van der Waals surface area contributed by atoms with Crippen molar-refractivity contribution in [1.82, 2.24) is 14.5 Å². The SMILES string of the molecule is O=C(c1ccco1)N1C[C@@H]2C[C@H](C1)c1c(-c3cccnc3)ccc(=O)n1C2. The predicted molar refractivity (Wildman–Crippen MR) is 99.4 cm³/mol. The number of carbonyl (C=O) groups is 1. The van der Waals surface area contributed by atoms with Crippen LogP contribution in [0.5, 0.6) is 0 Å². The second kappa shape index (κ2) is 6.23. The van der Waals surface area contributed by atoms with Gasteiger partial charge in [-0.3, -0.25) is 14.6 Å². The number of amides is 1. The van der Waals surface area contributed by atoms with Crippen molar-refractivity contribution >= 4 is 5.91 Å². The molecule has 0 aliphatic carbocycles. The summed E-state index contributed by atoms with van der Waals surface area (Å²) in [6.45, 7) is 1.88. The van der Waals surface area contributed by atoms with Gasteiger partial charge in [-0.1, -0.05) is 6.07 Å². The number of hydrogen-bond acceptors (Lipinski definition) is 4. The normalized spacial score (nSPS) is 21.0. The molecule has 5 rings (SSSR count). The zero-order valence-electron chi connectivity index (χ0n) is 14.7. The Kier molecular flexibility index (Phi) is 3.70. The summed E-state index contributed by atoms with van der Waals surface area (Å²) in [4.78, 5) is 31.4. The maximum Gasteiger partial charge on any atom is 0.289 e. The van der Waals surface area contributed by atoms with Crippen molar-refractivity contribution in [1.29, 1.82) is 0 Å². The molecule has 3 aromatic rings. The van der Waals surface area contributed by atoms with Crippen molar-refractivity contribution in [3.8, 4) is 11.1 Å². The largest absolute Gasteiger partial charge is 0.459 e. The third-order valence-corrected chi connectivity index (χ3v) is 5.58. The van der Waals surface area contributed by atoms with Crippen molar-refractivity contribution in [2.45, 2.75) is 18.9 Å². The minimum Gasteiger partial charge on any atom is -0.459 e. The number of rotatable bonds is 2. The number of piperidine rings is 1. The first-order valence-electron chi connectivity index (χ1n) is 9.17. The second-order valence-electron chi connectivity index (χ2n) is 7.31. The van der Waals surface area contributed by atoms with Gasteiger partial charge in [0.1, 0.15) is 0 Å². The molecule has 6 nitrogen and oxygen atoms in total. The summed E-state index contributed by atoms with van der Waals surface area (Å²) in [6.07, 6.45) is 6.07. The van der Waals surface area contributed by atoms with Crippen molar-refractivity contribution < 1.29 is 9.21 Å². The standard InChI is InChI=1S/C21H19N3O3/c25-19-6-5-17(15-3-1-7-22-10-15)20-16-9-14(12-24(19)20)11-23(13-16)21(26)18-4-2-8-27-18/h1-8,10,14,16H,9,11-13H2/t14-,16+/m0/s1. The third kappa shape index (κ3) is 2.68. The Labute approximate surface area is 156 Å². The molecule has 136 valence electrons. The van der Waals surface area contributed by atoms with Crippen molar-refractivity contribution in [3.63, 3.8) is 0 Å². The summed E-state index contributed by atoms with van der Waals surface area (Å²) in [5.41, 5.74) is 3.06. The molecule has 2 bridgehead atoms. The van der Waals surface area contributed by atoms with E-state index in [-0.39, 0.29) is 23.3 Å². The van der Waals surface area contributed by atoms with E-state index in [9.17, 15) is 9.59 Å². The van der Waals surface area contributed by atoms with Crippen LogP contribution in [-0.2, 0) is 6.54 Å². The van der Waals surface area contributed by atoms with Gasteiger partial charge >= 0.3 is 0 Å². The van der Waals surface area contributed by atoms with Crippen molar-refractivity contribution in [2.75, 3.05) is 13.1 Å². The summed E-state index contributed by atoms with van der Waals surface area (Å²) in [7, 11) is 0. The molecular weight excluding hydrogens is 342 g/mol. The van der Waals surface area contributed by atoms with Crippen LogP contribution in [-0.4, -0.2) is 33.4 Å². The number of likely N-dealkylation sites (tertiary alicyclic amines) is 1. The van der Waals surface area contributed by atoms with E-state index in [2.05, 4.69) is 4.98 Å². The molecule has 0 aromatic carbocycles. The first-order valence-corrected chi connectivity index (χ1v) is 9.17. The quantitative estimate of drug-likeness (QED) is 0.704. The molecule has 1 amide bonds.